The maximum atomic E-state index is 11.4. The third-order valence-electron chi connectivity index (χ3n) is 2.66. The molecule has 2 aliphatic rings. The van der Waals surface area contributed by atoms with E-state index >= 15 is 0 Å². The molecule has 1 aromatic carbocycles. The monoisotopic (exact) mass is 224 g/mol. The van der Waals surface area contributed by atoms with Crippen LogP contribution in [0.3, 0.4) is 0 Å². The molecule has 0 saturated heterocycles. The maximum Gasteiger partial charge on any atom is 0.320 e. The summed E-state index contributed by atoms with van der Waals surface area (Å²) in [4.78, 5) is 30.2. The molecule has 2 heterocycles. The number of hydrogen-bond donors (Lipinski definition) is 0. The SMILES string of the molecule is O=c1nc2cc(Cc3ccccc3)nc-2c1=O. The van der Waals surface area contributed by atoms with Crippen molar-refractivity contribution >= 4 is 0 Å². The molecule has 0 radical (unpaired) electrons. The van der Waals surface area contributed by atoms with Crippen LogP contribution in [0, 0.1) is 0 Å². The summed E-state index contributed by atoms with van der Waals surface area (Å²) in [6.07, 6.45) is 0.644. The van der Waals surface area contributed by atoms with Crippen molar-refractivity contribution in [2.45, 2.75) is 6.42 Å². The van der Waals surface area contributed by atoms with E-state index in [9.17, 15) is 9.59 Å². The predicted molar refractivity (Wildman–Crippen MR) is 62.8 cm³/mol. The lowest BCUT2D eigenvalue weighted by molar-refractivity contribution is 1.11. The van der Waals surface area contributed by atoms with Gasteiger partial charge in [0.05, 0.1) is 5.69 Å². The van der Waals surface area contributed by atoms with Gasteiger partial charge in [-0.15, -0.1) is 0 Å². The highest BCUT2D eigenvalue weighted by Crippen LogP contribution is 2.17. The van der Waals surface area contributed by atoms with Crippen LogP contribution in [-0.2, 0) is 6.42 Å². The van der Waals surface area contributed by atoms with E-state index in [4.69, 9.17) is 0 Å². The fourth-order valence-corrected chi connectivity index (χ4v) is 1.87. The van der Waals surface area contributed by atoms with Crippen LogP contribution in [0.15, 0.2) is 46.0 Å². The molecule has 0 saturated carbocycles. The van der Waals surface area contributed by atoms with E-state index in [1.165, 1.54) is 0 Å². The van der Waals surface area contributed by atoms with Crippen molar-refractivity contribution in [3.63, 3.8) is 0 Å². The molecular formula is C13H8N2O2. The van der Waals surface area contributed by atoms with Gasteiger partial charge < -0.3 is 0 Å². The summed E-state index contributed by atoms with van der Waals surface area (Å²) in [6.45, 7) is 0. The van der Waals surface area contributed by atoms with Gasteiger partial charge in [-0.1, -0.05) is 30.3 Å². The van der Waals surface area contributed by atoms with Crippen molar-refractivity contribution in [1.29, 1.82) is 0 Å². The Morgan fingerprint density at radius 1 is 1.00 bits per heavy atom. The van der Waals surface area contributed by atoms with E-state index in [2.05, 4.69) is 9.97 Å². The number of benzene rings is 1. The predicted octanol–water partition coefficient (Wildman–Crippen LogP) is 0.768. The third kappa shape index (κ3) is 1.63. The molecule has 1 aromatic rings. The van der Waals surface area contributed by atoms with Crippen LogP contribution in [0.5, 0.6) is 0 Å². The average molecular weight is 224 g/mol. The summed E-state index contributed by atoms with van der Waals surface area (Å²) in [6, 6.07) is 11.5. The maximum absolute atomic E-state index is 11.4. The van der Waals surface area contributed by atoms with E-state index in [0.29, 0.717) is 12.1 Å². The van der Waals surface area contributed by atoms with Crippen molar-refractivity contribution in [3.05, 3.63) is 68.2 Å². The van der Waals surface area contributed by atoms with E-state index in [1.54, 1.807) is 6.07 Å². The van der Waals surface area contributed by atoms with E-state index in [1.807, 2.05) is 30.3 Å². The summed E-state index contributed by atoms with van der Waals surface area (Å²) in [5.74, 6) is 0. The zero-order chi connectivity index (χ0) is 11.8. The first-order valence-electron chi connectivity index (χ1n) is 5.25. The van der Waals surface area contributed by atoms with Crippen LogP contribution < -0.4 is 11.0 Å². The largest absolute Gasteiger partial charge is 0.320 e. The van der Waals surface area contributed by atoms with Gasteiger partial charge in [-0.3, -0.25) is 9.59 Å². The van der Waals surface area contributed by atoms with E-state index < -0.39 is 11.0 Å². The van der Waals surface area contributed by atoms with Gasteiger partial charge in [-0.05, 0) is 11.6 Å². The molecule has 0 aliphatic carbocycles. The summed E-state index contributed by atoms with van der Waals surface area (Å²) in [7, 11) is 0. The molecular weight excluding hydrogens is 216 g/mol. The molecule has 0 fully saturated rings. The molecule has 0 amide bonds. The van der Waals surface area contributed by atoms with Gasteiger partial charge in [0.15, 0.2) is 0 Å². The minimum absolute atomic E-state index is 0.195. The second-order valence-corrected chi connectivity index (χ2v) is 3.89. The molecule has 0 spiro atoms. The molecule has 3 rings (SSSR count). The third-order valence-corrected chi connectivity index (χ3v) is 2.66. The van der Waals surface area contributed by atoms with Gasteiger partial charge in [0.2, 0.25) is 0 Å². The lowest BCUT2D eigenvalue weighted by Crippen LogP contribution is -2.19. The van der Waals surface area contributed by atoms with Crippen LogP contribution in [0.1, 0.15) is 11.3 Å². The van der Waals surface area contributed by atoms with Crippen molar-refractivity contribution in [2.24, 2.45) is 0 Å². The Morgan fingerprint density at radius 2 is 1.76 bits per heavy atom. The molecule has 0 atom stereocenters. The Hall–Kier alpha value is -2.36. The zero-order valence-electron chi connectivity index (χ0n) is 8.88. The van der Waals surface area contributed by atoms with Crippen molar-refractivity contribution in [1.82, 2.24) is 9.97 Å². The Bertz CT molecular complexity index is 712. The number of rotatable bonds is 2. The van der Waals surface area contributed by atoms with Crippen LogP contribution in [0.25, 0.3) is 11.4 Å². The Kier molecular flexibility index (Phi) is 2.08. The molecule has 0 unspecified atom stereocenters. The highest BCUT2D eigenvalue weighted by atomic mass is 16.2. The molecule has 0 aromatic heterocycles. The van der Waals surface area contributed by atoms with Gasteiger partial charge >= 0.3 is 5.56 Å². The molecule has 17 heavy (non-hydrogen) atoms. The first-order valence-corrected chi connectivity index (χ1v) is 5.25. The molecule has 0 bridgehead atoms. The Labute approximate surface area is 96.6 Å². The smallest absolute Gasteiger partial charge is 0.281 e. The quantitative estimate of drug-likeness (QED) is 0.603. The Morgan fingerprint density at radius 3 is 2.47 bits per heavy atom. The summed E-state index contributed by atoms with van der Waals surface area (Å²) >= 11 is 0. The second-order valence-electron chi connectivity index (χ2n) is 3.89. The molecule has 2 aliphatic heterocycles. The van der Waals surface area contributed by atoms with Crippen molar-refractivity contribution in [3.8, 4) is 11.4 Å². The van der Waals surface area contributed by atoms with Gasteiger partial charge in [0.25, 0.3) is 5.43 Å². The first kappa shape index (κ1) is 9.84. The van der Waals surface area contributed by atoms with Gasteiger partial charge in [0, 0.05) is 12.1 Å². The highest BCUT2D eigenvalue weighted by Gasteiger charge is 2.18. The van der Waals surface area contributed by atoms with Crippen molar-refractivity contribution in [2.75, 3.05) is 0 Å². The fraction of sp³-hybridized carbons (Fsp3) is 0.0769. The fourth-order valence-electron chi connectivity index (χ4n) is 1.87. The lowest BCUT2D eigenvalue weighted by atomic mass is 10.1. The molecule has 4 heteroatoms. The van der Waals surface area contributed by atoms with Crippen LogP contribution >= 0.6 is 0 Å². The van der Waals surface area contributed by atoms with Crippen LogP contribution in [0.4, 0.5) is 0 Å². The zero-order valence-corrected chi connectivity index (χ0v) is 8.88. The molecule has 4 nitrogen and oxygen atoms in total. The standard InChI is InChI=1S/C13H8N2O2/c16-12-11-10(15-13(12)17)7-9(14-11)6-8-4-2-1-3-5-8/h1-5,7H,6H2. The summed E-state index contributed by atoms with van der Waals surface area (Å²) in [5.41, 5.74) is 1.17. The van der Waals surface area contributed by atoms with Gasteiger partial charge in [0.1, 0.15) is 5.69 Å². The van der Waals surface area contributed by atoms with Crippen molar-refractivity contribution < 1.29 is 0 Å². The number of nitrogens with zero attached hydrogens (tertiary/aromatic N) is 2. The van der Waals surface area contributed by atoms with E-state index in [0.717, 1.165) is 11.3 Å². The molecule has 82 valence electrons. The second kappa shape index (κ2) is 3.59. The van der Waals surface area contributed by atoms with Gasteiger partial charge in [-0.2, -0.15) is 0 Å². The minimum atomic E-state index is -0.714. The first-order chi connectivity index (χ1) is 8.24. The highest BCUT2D eigenvalue weighted by molar-refractivity contribution is 5.58. The Balaban J connectivity index is 2.00. The topological polar surface area (TPSA) is 59.9 Å². The lowest BCUT2D eigenvalue weighted by Gasteiger charge is -1.95. The normalized spacial score (nSPS) is 11.1. The number of hydrogen-bond acceptors (Lipinski definition) is 4. The molecule has 0 N–H and O–H groups in total. The number of fused-ring (bicyclic) bond motifs is 1. The van der Waals surface area contributed by atoms with Crippen LogP contribution in [0.2, 0.25) is 0 Å². The number of aromatic nitrogens is 2. The van der Waals surface area contributed by atoms with Gasteiger partial charge in [-0.25, -0.2) is 9.97 Å². The van der Waals surface area contributed by atoms with Crippen LogP contribution in [-0.4, -0.2) is 9.97 Å². The average Bonchev–Trinajstić information content (AvgIpc) is 2.82. The summed E-state index contributed by atoms with van der Waals surface area (Å²) in [5, 5.41) is 0. The van der Waals surface area contributed by atoms with E-state index in [-0.39, 0.29) is 5.69 Å². The minimum Gasteiger partial charge on any atom is -0.281 e. The summed E-state index contributed by atoms with van der Waals surface area (Å²) < 4.78 is 0.